The number of carbonyl (C=O) groups is 3. The smallest absolute Gasteiger partial charge is 0.323 e. The van der Waals surface area contributed by atoms with Crippen LogP contribution in [0.15, 0.2) is 42.5 Å². The van der Waals surface area contributed by atoms with E-state index in [1.807, 2.05) is 38.1 Å². The number of rotatable bonds is 6. The van der Waals surface area contributed by atoms with Crippen molar-refractivity contribution in [1.29, 1.82) is 0 Å². The number of hydrogen-bond donors (Lipinski definition) is 3. The third kappa shape index (κ3) is 6.15. The first-order valence-electron chi connectivity index (χ1n) is 12.4. The maximum atomic E-state index is 13.4. The molecule has 2 heterocycles. The number of nitrogens with zero attached hydrogens (tertiary/aromatic N) is 1. The minimum Gasteiger partial charge on any atom is -0.490 e. The molecule has 2 aliphatic rings. The molecule has 0 spiro atoms. The highest BCUT2D eigenvalue weighted by Crippen LogP contribution is 2.32. The predicted molar refractivity (Wildman–Crippen MR) is 137 cm³/mol. The molecule has 0 bridgehead atoms. The summed E-state index contributed by atoms with van der Waals surface area (Å²) in [6.45, 7) is 4.88. The Balaban J connectivity index is 1.43. The molecule has 0 unspecified atom stereocenters. The summed E-state index contributed by atoms with van der Waals surface area (Å²) >= 11 is 0. The van der Waals surface area contributed by atoms with E-state index in [0.717, 1.165) is 12.0 Å². The quantitative estimate of drug-likeness (QED) is 0.564. The molecule has 2 aliphatic heterocycles. The van der Waals surface area contributed by atoms with Crippen molar-refractivity contribution in [3.63, 3.8) is 0 Å². The van der Waals surface area contributed by atoms with Crippen LogP contribution in [0, 0.1) is 6.92 Å². The number of amides is 4. The molecule has 2 aromatic carbocycles. The van der Waals surface area contributed by atoms with Crippen LogP contribution >= 0.6 is 0 Å². The summed E-state index contributed by atoms with van der Waals surface area (Å²) in [5.41, 5.74) is 2.59. The lowest BCUT2D eigenvalue weighted by Crippen LogP contribution is -2.54. The highest BCUT2D eigenvalue weighted by Gasteiger charge is 2.39. The molecule has 0 aliphatic carbocycles. The van der Waals surface area contributed by atoms with Gasteiger partial charge in [0, 0.05) is 25.0 Å². The predicted octanol–water partition coefficient (Wildman–Crippen LogP) is 3.94. The standard InChI is InChI=1S/C27H34N4O5/c1-4-12-28-25(32)15-20-9-10-22-24(36-20)16-35-23-11-8-19(14-21(23)26(33)31(22)3)30-27(34)29-18-7-5-6-17(2)13-18/h5-8,11,13-14,20,22,24H,4,9-10,12,15-16H2,1-3H3,(H,28,32)(H2,29,30,34)/t20-,22-,24+/m0/s1. The fourth-order valence-corrected chi connectivity index (χ4v) is 4.66. The Morgan fingerprint density at radius 3 is 2.61 bits per heavy atom. The van der Waals surface area contributed by atoms with Gasteiger partial charge in [0.2, 0.25) is 5.91 Å². The van der Waals surface area contributed by atoms with Gasteiger partial charge in [-0.2, -0.15) is 0 Å². The fourth-order valence-electron chi connectivity index (χ4n) is 4.66. The Hall–Kier alpha value is -3.59. The fraction of sp³-hybridized carbons (Fsp3) is 0.444. The molecule has 1 saturated heterocycles. The molecule has 3 atom stereocenters. The zero-order chi connectivity index (χ0) is 25.7. The zero-order valence-corrected chi connectivity index (χ0v) is 21.0. The second-order valence-corrected chi connectivity index (χ2v) is 9.38. The monoisotopic (exact) mass is 494 g/mol. The third-order valence-electron chi connectivity index (χ3n) is 6.53. The zero-order valence-electron chi connectivity index (χ0n) is 21.0. The van der Waals surface area contributed by atoms with Gasteiger partial charge in [-0.1, -0.05) is 19.1 Å². The Bertz CT molecular complexity index is 1120. The number of nitrogens with one attached hydrogen (secondary N) is 3. The van der Waals surface area contributed by atoms with Crippen molar-refractivity contribution in [3.05, 3.63) is 53.6 Å². The van der Waals surface area contributed by atoms with E-state index in [4.69, 9.17) is 9.47 Å². The highest BCUT2D eigenvalue weighted by atomic mass is 16.5. The first-order chi connectivity index (χ1) is 17.3. The summed E-state index contributed by atoms with van der Waals surface area (Å²) in [5.74, 6) is 0.208. The van der Waals surface area contributed by atoms with Crippen LogP contribution in [0.4, 0.5) is 16.2 Å². The average molecular weight is 495 g/mol. The van der Waals surface area contributed by atoms with E-state index in [1.165, 1.54) is 0 Å². The van der Waals surface area contributed by atoms with Crippen molar-refractivity contribution >= 4 is 29.2 Å². The number of anilines is 2. The topological polar surface area (TPSA) is 109 Å². The van der Waals surface area contributed by atoms with Crippen LogP contribution in [0.3, 0.4) is 0 Å². The Morgan fingerprint density at radius 1 is 1.08 bits per heavy atom. The lowest BCUT2D eigenvalue weighted by molar-refractivity contribution is -0.134. The van der Waals surface area contributed by atoms with Gasteiger partial charge in [-0.25, -0.2) is 4.79 Å². The van der Waals surface area contributed by atoms with Crippen LogP contribution < -0.4 is 20.7 Å². The number of urea groups is 1. The molecular weight excluding hydrogens is 460 g/mol. The van der Waals surface area contributed by atoms with Crippen molar-refractivity contribution in [1.82, 2.24) is 10.2 Å². The lowest BCUT2D eigenvalue weighted by Gasteiger charge is -2.42. The van der Waals surface area contributed by atoms with Gasteiger partial charge in [-0.15, -0.1) is 0 Å². The van der Waals surface area contributed by atoms with Crippen molar-refractivity contribution in [2.24, 2.45) is 0 Å². The number of carbonyl (C=O) groups excluding carboxylic acids is 3. The van der Waals surface area contributed by atoms with Crippen molar-refractivity contribution < 1.29 is 23.9 Å². The molecule has 0 radical (unpaired) electrons. The molecule has 4 amide bonds. The Labute approximate surface area is 211 Å². The van der Waals surface area contributed by atoms with E-state index in [0.29, 0.717) is 48.5 Å². The number of ether oxygens (including phenoxy) is 2. The van der Waals surface area contributed by atoms with Crippen LogP contribution in [0.5, 0.6) is 5.75 Å². The maximum absolute atomic E-state index is 13.4. The minimum atomic E-state index is -0.400. The van der Waals surface area contributed by atoms with Gasteiger partial charge in [0.25, 0.3) is 5.91 Å². The second-order valence-electron chi connectivity index (χ2n) is 9.38. The number of likely N-dealkylation sites (N-methyl/N-ethyl adjacent to an activating group) is 1. The maximum Gasteiger partial charge on any atom is 0.323 e. The van der Waals surface area contributed by atoms with E-state index >= 15 is 0 Å². The molecule has 1 fully saturated rings. The van der Waals surface area contributed by atoms with Gasteiger partial charge in [0.15, 0.2) is 0 Å². The van der Waals surface area contributed by atoms with Crippen molar-refractivity contribution in [3.8, 4) is 5.75 Å². The van der Waals surface area contributed by atoms with Crippen LogP contribution in [0.2, 0.25) is 0 Å². The largest absolute Gasteiger partial charge is 0.490 e. The van der Waals surface area contributed by atoms with Crippen LogP contribution in [0.25, 0.3) is 0 Å². The summed E-state index contributed by atoms with van der Waals surface area (Å²) in [7, 11) is 1.76. The summed E-state index contributed by atoms with van der Waals surface area (Å²) in [6.07, 6.45) is 2.06. The molecule has 192 valence electrons. The summed E-state index contributed by atoms with van der Waals surface area (Å²) in [4.78, 5) is 39.7. The van der Waals surface area contributed by atoms with E-state index in [1.54, 1.807) is 30.1 Å². The highest BCUT2D eigenvalue weighted by molar-refractivity contribution is 6.02. The molecule has 9 nitrogen and oxygen atoms in total. The molecular formula is C27H34N4O5. The number of hydrogen-bond acceptors (Lipinski definition) is 5. The average Bonchev–Trinajstić information content (AvgIpc) is 2.85. The molecule has 3 N–H and O–H groups in total. The first-order valence-corrected chi connectivity index (χ1v) is 12.4. The molecule has 0 saturated carbocycles. The molecule has 36 heavy (non-hydrogen) atoms. The summed E-state index contributed by atoms with van der Waals surface area (Å²) in [6, 6.07) is 12.0. The number of aryl methyl sites for hydroxylation is 1. The molecule has 9 heteroatoms. The van der Waals surface area contributed by atoms with Crippen LogP contribution in [-0.4, -0.2) is 61.2 Å². The van der Waals surface area contributed by atoms with Crippen LogP contribution in [0.1, 0.15) is 48.5 Å². The number of fused-ring (bicyclic) bond motifs is 2. The first kappa shape index (κ1) is 25.5. The summed E-state index contributed by atoms with van der Waals surface area (Å²) in [5, 5.41) is 8.47. The SMILES string of the molecule is CCCNC(=O)C[C@@H]1CC[C@H]2[C@@H](COc3ccc(NC(=O)Nc4cccc(C)c4)cc3C(=O)N2C)O1. The van der Waals surface area contributed by atoms with Crippen LogP contribution in [-0.2, 0) is 9.53 Å². The summed E-state index contributed by atoms with van der Waals surface area (Å²) < 4.78 is 12.2. The van der Waals surface area contributed by atoms with E-state index in [-0.39, 0.29) is 36.7 Å². The van der Waals surface area contributed by atoms with Gasteiger partial charge in [-0.05, 0) is 62.1 Å². The van der Waals surface area contributed by atoms with Gasteiger partial charge in [0.05, 0.1) is 24.1 Å². The Kier molecular flexibility index (Phi) is 8.10. The molecule has 4 rings (SSSR count). The van der Waals surface area contributed by atoms with Crippen molar-refractivity contribution in [2.75, 3.05) is 30.8 Å². The lowest BCUT2D eigenvalue weighted by atomic mass is 9.94. The van der Waals surface area contributed by atoms with E-state index < -0.39 is 6.03 Å². The van der Waals surface area contributed by atoms with E-state index in [2.05, 4.69) is 16.0 Å². The third-order valence-corrected chi connectivity index (χ3v) is 6.53. The second kappa shape index (κ2) is 11.4. The van der Waals surface area contributed by atoms with Crippen molar-refractivity contribution in [2.45, 2.75) is 57.8 Å². The molecule has 2 aromatic rings. The van der Waals surface area contributed by atoms with Gasteiger partial charge < -0.3 is 30.3 Å². The van der Waals surface area contributed by atoms with Gasteiger partial charge in [-0.3, -0.25) is 9.59 Å². The van der Waals surface area contributed by atoms with Gasteiger partial charge >= 0.3 is 6.03 Å². The van der Waals surface area contributed by atoms with E-state index in [9.17, 15) is 14.4 Å². The normalized spacial score (nSPS) is 21.2. The molecule has 0 aromatic heterocycles. The van der Waals surface area contributed by atoms with Gasteiger partial charge in [0.1, 0.15) is 18.5 Å². The Morgan fingerprint density at radius 2 is 1.86 bits per heavy atom. The minimum absolute atomic E-state index is 0.0201. The number of benzene rings is 2.